The molecule has 1 saturated carbocycles. The smallest absolute Gasteiger partial charge is 0.302 e. The van der Waals surface area contributed by atoms with E-state index in [0.717, 1.165) is 12.3 Å². The van der Waals surface area contributed by atoms with Gasteiger partial charge in [0.05, 0.1) is 13.2 Å². The largest absolute Gasteiger partial charge is 0.472 e. The Bertz CT molecular complexity index is 480. The topological polar surface area (TPSA) is 55.8 Å². The summed E-state index contributed by atoms with van der Waals surface area (Å²) in [4.78, 5) is 9.41. The van der Waals surface area contributed by atoms with Crippen LogP contribution in [0.2, 0.25) is 0 Å². The van der Waals surface area contributed by atoms with Gasteiger partial charge in [0.15, 0.2) is 0 Å². The van der Waals surface area contributed by atoms with Crippen molar-refractivity contribution in [3.63, 3.8) is 0 Å². The monoisotopic (exact) mass is 326 g/mol. The van der Waals surface area contributed by atoms with Crippen molar-refractivity contribution < 1.29 is 18.5 Å². The molecule has 22 heavy (non-hydrogen) atoms. The fraction of sp³-hybridized carbons (Fsp3) is 0.647. The highest BCUT2D eigenvalue weighted by Crippen LogP contribution is 2.43. The van der Waals surface area contributed by atoms with E-state index >= 15 is 0 Å². The molecule has 0 heterocycles. The average Bonchev–Trinajstić information content (AvgIpc) is 3.05. The van der Waals surface area contributed by atoms with Gasteiger partial charge >= 0.3 is 7.82 Å². The molecule has 124 valence electrons. The molecule has 0 amide bonds. The lowest BCUT2D eigenvalue weighted by atomic mass is 9.96. The van der Waals surface area contributed by atoms with Crippen molar-refractivity contribution in [1.82, 2.24) is 0 Å². The van der Waals surface area contributed by atoms with Gasteiger partial charge in [0, 0.05) is 0 Å². The molecule has 1 aliphatic carbocycles. The standard InChI is InChI=1S/C17H27O4P/c1-2-13-20-22(18,19)21-14-5-6-15-9-11-17(12-10-15)16-7-3-4-8-16/h9-12,16H,2-8,13-14H2,1H3,(H,18,19). The fourth-order valence-electron chi connectivity index (χ4n) is 2.92. The second-order valence-corrected chi connectivity index (χ2v) is 7.42. The highest BCUT2D eigenvalue weighted by Gasteiger charge is 2.20. The van der Waals surface area contributed by atoms with E-state index in [9.17, 15) is 9.46 Å². The molecule has 1 fully saturated rings. The van der Waals surface area contributed by atoms with Gasteiger partial charge in [-0.2, -0.15) is 0 Å². The van der Waals surface area contributed by atoms with Gasteiger partial charge in [-0.1, -0.05) is 44.0 Å². The van der Waals surface area contributed by atoms with Gasteiger partial charge in [-0.3, -0.25) is 9.05 Å². The third-order valence-corrected chi connectivity index (χ3v) is 5.15. The average molecular weight is 326 g/mol. The lowest BCUT2D eigenvalue weighted by Gasteiger charge is -2.12. The Balaban J connectivity index is 1.69. The lowest BCUT2D eigenvalue weighted by Crippen LogP contribution is -1.99. The maximum absolute atomic E-state index is 11.5. The number of aryl methyl sites for hydroxylation is 1. The third-order valence-electron chi connectivity index (χ3n) is 4.13. The van der Waals surface area contributed by atoms with E-state index in [2.05, 4.69) is 24.3 Å². The number of hydrogen-bond acceptors (Lipinski definition) is 3. The molecule has 1 aromatic carbocycles. The summed E-state index contributed by atoms with van der Waals surface area (Å²) in [5.74, 6) is 0.744. The first-order valence-corrected chi connectivity index (χ1v) is 9.81. The van der Waals surface area contributed by atoms with Crippen LogP contribution in [0.4, 0.5) is 0 Å². The van der Waals surface area contributed by atoms with E-state index in [1.807, 2.05) is 6.92 Å². The van der Waals surface area contributed by atoms with Crippen LogP contribution in [-0.4, -0.2) is 18.1 Å². The van der Waals surface area contributed by atoms with Gasteiger partial charge in [-0.25, -0.2) is 4.57 Å². The van der Waals surface area contributed by atoms with Gasteiger partial charge in [-0.05, 0) is 49.1 Å². The highest BCUT2D eigenvalue weighted by molar-refractivity contribution is 7.47. The summed E-state index contributed by atoms with van der Waals surface area (Å²) >= 11 is 0. The van der Waals surface area contributed by atoms with E-state index in [1.54, 1.807) is 0 Å². The van der Waals surface area contributed by atoms with Gasteiger partial charge in [0.1, 0.15) is 0 Å². The molecule has 0 aromatic heterocycles. The van der Waals surface area contributed by atoms with Gasteiger partial charge < -0.3 is 4.89 Å². The molecular weight excluding hydrogens is 299 g/mol. The van der Waals surface area contributed by atoms with Crippen LogP contribution >= 0.6 is 7.82 Å². The minimum Gasteiger partial charge on any atom is -0.302 e. The Labute approximate surface area is 133 Å². The summed E-state index contributed by atoms with van der Waals surface area (Å²) in [6, 6.07) is 8.79. The van der Waals surface area contributed by atoms with E-state index in [0.29, 0.717) is 12.8 Å². The van der Waals surface area contributed by atoms with Gasteiger partial charge in [-0.15, -0.1) is 0 Å². The Morgan fingerprint density at radius 1 is 1.14 bits per heavy atom. The van der Waals surface area contributed by atoms with E-state index in [-0.39, 0.29) is 13.2 Å². The first-order valence-electron chi connectivity index (χ1n) is 8.31. The van der Waals surface area contributed by atoms with Gasteiger partial charge in [0.2, 0.25) is 0 Å². The third kappa shape index (κ3) is 5.85. The molecule has 5 heteroatoms. The molecule has 0 bridgehead atoms. The number of benzene rings is 1. The van der Waals surface area contributed by atoms with Crippen LogP contribution in [0.25, 0.3) is 0 Å². The van der Waals surface area contributed by atoms with Crippen molar-refractivity contribution in [2.24, 2.45) is 0 Å². The van der Waals surface area contributed by atoms with Crippen LogP contribution in [0, 0.1) is 0 Å². The highest BCUT2D eigenvalue weighted by atomic mass is 31.2. The molecule has 0 saturated heterocycles. The van der Waals surface area contributed by atoms with Gasteiger partial charge in [0.25, 0.3) is 0 Å². The molecule has 2 rings (SSSR count). The maximum Gasteiger partial charge on any atom is 0.472 e. The summed E-state index contributed by atoms with van der Waals surface area (Å²) in [7, 11) is -3.85. The zero-order chi connectivity index (χ0) is 15.8. The molecule has 1 atom stereocenters. The number of rotatable bonds is 9. The van der Waals surface area contributed by atoms with Crippen molar-refractivity contribution in [3.05, 3.63) is 35.4 Å². The van der Waals surface area contributed by atoms with Crippen molar-refractivity contribution in [1.29, 1.82) is 0 Å². The Morgan fingerprint density at radius 3 is 2.41 bits per heavy atom. The van der Waals surface area contributed by atoms with E-state index in [4.69, 9.17) is 9.05 Å². The predicted molar refractivity (Wildman–Crippen MR) is 88.0 cm³/mol. The van der Waals surface area contributed by atoms with Crippen LogP contribution in [0.1, 0.15) is 62.5 Å². The number of phosphoric ester groups is 1. The predicted octanol–water partition coefficient (Wildman–Crippen LogP) is 4.82. The molecule has 0 spiro atoms. The summed E-state index contributed by atoms with van der Waals surface area (Å²) < 4.78 is 21.2. The zero-order valence-corrected chi connectivity index (χ0v) is 14.3. The molecule has 1 unspecified atom stereocenters. The van der Waals surface area contributed by atoms with Crippen molar-refractivity contribution in [3.8, 4) is 0 Å². The zero-order valence-electron chi connectivity index (χ0n) is 13.4. The van der Waals surface area contributed by atoms with Crippen LogP contribution in [0.15, 0.2) is 24.3 Å². The molecule has 1 N–H and O–H groups in total. The first-order chi connectivity index (χ1) is 10.6. The summed E-state index contributed by atoms with van der Waals surface area (Å²) in [6.45, 7) is 2.37. The second kappa shape index (κ2) is 8.83. The molecule has 1 aromatic rings. The molecule has 4 nitrogen and oxygen atoms in total. The van der Waals surface area contributed by atoms with Crippen LogP contribution in [0.3, 0.4) is 0 Å². The number of phosphoric acid groups is 1. The van der Waals surface area contributed by atoms with E-state index in [1.165, 1.54) is 36.8 Å². The quantitative estimate of drug-likeness (QED) is 0.522. The molecule has 0 aliphatic heterocycles. The minimum atomic E-state index is -3.85. The SMILES string of the molecule is CCCOP(=O)(O)OCCCc1ccc(C2CCCC2)cc1. The first kappa shape index (κ1) is 17.7. The fourth-order valence-corrected chi connectivity index (χ4v) is 3.76. The summed E-state index contributed by atoms with van der Waals surface area (Å²) in [6.07, 6.45) is 7.59. The van der Waals surface area contributed by atoms with Crippen molar-refractivity contribution in [2.75, 3.05) is 13.2 Å². The number of hydrogen-bond donors (Lipinski definition) is 1. The normalized spacial score (nSPS) is 18.5. The molecule has 1 aliphatic rings. The molecule has 0 radical (unpaired) electrons. The Hall–Kier alpha value is -0.670. The Kier molecular flexibility index (Phi) is 7.10. The van der Waals surface area contributed by atoms with Crippen LogP contribution in [-0.2, 0) is 20.0 Å². The molecular formula is C17H27O4P. The lowest BCUT2D eigenvalue weighted by molar-refractivity contribution is 0.148. The van der Waals surface area contributed by atoms with Crippen molar-refractivity contribution >= 4 is 7.82 Å². The van der Waals surface area contributed by atoms with E-state index < -0.39 is 7.82 Å². The van der Waals surface area contributed by atoms with Crippen molar-refractivity contribution in [2.45, 2.75) is 57.8 Å². The summed E-state index contributed by atoms with van der Waals surface area (Å²) in [5.41, 5.74) is 2.69. The minimum absolute atomic E-state index is 0.238. The second-order valence-electron chi connectivity index (χ2n) is 5.96. The summed E-state index contributed by atoms with van der Waals surface area (Å²) in [5, 5.41) is 0. The van der Waals surface area contributed by atoms with Crippen LogP contribution < -0.4 is 0 Å². The Morgan fingerprint density at radius 2 is 1.77 bits per heavy atom. The maximum atomic E-state index is 11.5. The van der Waals surface area contributed by atoms with Crippen LogP contribution in [0.5, 0.6) is 0 Å².